The first kappa shape index (κ1) is 12.7. The van der Waals surface area contributed by atoms with Crippen LogP contribution in [0, 0.1) is 0 Å². The van der Waals surface area contributed by atoms with E-state index in [2.05, 4.69) is 10.1 Å². The lowest BCUT2D eigenvalue weighted by atomic mass is 10.3. The van der Waals surface area contributed by atoms with Gasteiger partial charge in [0.25, 0.3) is 0 Å². The minimum absolute atomic E-state index is 0.0592. The fraction of sp³-hybridized carbons (Fsp3) is 0.222. The molecule has 1 amide bonds. The standard InChI is InChI=1S/C9H8ClF2NO3/c10-6-3-5(13-8(15)4-14)1-2-7(6)16-9(11)12/h1-3,9,14H,4H2,(H,13,15). The zero-order chi connectivity index (χ0) is 12.1. The third-order valence-corrected chi connectivity index (χ3v) is 1.87. The fourth-order valence-corrected chi connectivity index (χ4v) is 1.20. The molecule has 0 spiro atoms. The van der Waals surface area contributed by atoms with Gasteiger partial charge < -0.3 is 15.2 Å². The van der Waals surface area contributed by atoms with Gasteiger partial charge in [0.1, 0.15) is 12.4 Å². The van der Waals surface area contributed by atoms with Crippen molar-refractivity contribution in [3.63, 3.8) is 0 Å². The molecule has 2 N–H and O–H groups in total. The number of ether oxygens (including phenoxy) is 1. The summed E-state index contributed by atoms with van der Waals surface area (Å²) in [6.07, 6.45) is 0. The number of hydrogen-bond acceptors (Lipinski definition) is 3. The molecule has 0 heterocycles. The van der Waals surface area contributed by atoms with Gasteiger partial charge in [-0.25, -0.2) is 0 Å². The molecule has 0 aliphatic heterocycles. The molecule has 1 rings (SSSR count). The molecule has 88 valence electrons. The molecule has 0 atom stereocenters. The maximum atomic E-state index is 11.9. The topological polar surface area (TPSA) is 58.6 Å². The van der Waals surface area contributed by atoms with Crippen molar-refractivity contribution in [1.82, 2.24) is 0 Å². The number of benzene rings is 1. The van der Waals surface area contributed by atoms with Crippen molar-refractivity contribution in [2.75, 3.05) is 11.9 Å². The highest BCUT2D eigenvalue weighted by Gasteiger charge is 2.09. The van der Waals surface area contributed by atoms with Gasteiger partial charge in [0.05, 0.1) is 5.02 Å². The van der Waals surface area contributed by atoms with Gasteiger partial charge in [-0.3, -0.25) is 4.79 Å². The monoisotopic (exact) mass is 251 g/mol. The molecule has 0 fully saturated rings. The molecule has 0 bridgehead atoms. The molecule has 1 aromatic carbocycles. The summed E-state index contributed by atoms with van der Waals surface area (Å²) in [6.45, 7) is -3.64. The molecule has 0 saturated carbocycles. The average molecular weight is 252 g/mol. The van der Waals surface area contributed by atoms with E-state index < -0.39 is 19.1 Å². The van der Waals surface area contributed by atoms with Crippen molar-refractivity contribution in [1.29, 1.82) is 0 Å². The van der Waals surface area contributed by atoms with Crippen LogP contribution in [0.15, 0.2) is 18.2 Å². The van der Waals surface area contributed by atoms with Gasteiger partial charge in [-0.05, 0) is 18.2 Å². The van der Waals surface area contributed by atoms with Gasteiger partial charge >= 0.3 is 6.61 Å². The van der Waals surface area contributed by atoms with Crippen molar-refractivity contribution in [3.05, 3.63) is 23.2 Å². The number of alkyl halides is 2. The van der Waals surface area contributed by atoms with Gasteiger partial charge in [0, 0.05) is 5.69 Å². The Morgan fingerprint density at radius 2 is 2.25 bits per heavy atom. The number of carbonyl (C=O) groups excluding carboxylic acids is 1. The number of nitrogens with one attached hydrogen (secondary N) is 1. The van der Waals surface area contributed by atoms with E-state index in [1.807, 2.05) is 0 Å². The van der Waals surface area contributed by atoms with Crippen LogP contribution in [0.4, 0.5) is 14.5 Å². The lowest BCUT2D eigenvalue weighted by molar-refractivity contribution is -0.118. The summed E-state index contributed by atoms with van der Waals surface area (Å²) in [5, 5.41) is 10.7. The average Bonchev–Trinajstić information content (AvgIpc) is 2.21. The van der Waals surface area contributed by atoms with Crippen LogP contribution in [0.2, 0.25) is 5.02 Å². The third-order valence-electron chi connectivity index (χ3n) is 1.58. The van der Waals surface area contributed by atoms with Crippen LogP contribution >= 0.6 is 11.6 Å². The summed E-state index contributed by atoms with van der Waals surface area (Å²) in [4.78, 5) is 10.8. The fourth-order valence-electron chi connectivity index (χ4n) is 0.971. The Kier molecular flexibility index (Phi) is 4.45. The number of rotatable bonds is 4. The SMILES string of the molecule is O=C(CO)Nc1ccc(OC(F)F)c(Cl)c1. The molecule has 0 saturated heterocycles. The predicted molar refractivity (Wildman–Crippen MR) is 53.8 cm³/mol. The molecule has 0 aliphatic rings. The van der Waals surface area contributed by atoms with Crippen LogP contribution in [-0.4, -0.2) is 24.2 Å². The van der Waals surface area contributed by atoms with Gasteiger partial charge in [0.15, 0.2) is 0 Å². The Balaban J connectivity index is 2.78. The Bertz CT molecular complexity index is 387. The molecular weight excluding hydrogens is 244 g/mol. The van der Waals surface area contributed by atoms with Crippen molar-refractivity contribution in [2.45, 2.75) is 6.61 Å². The Morgan fingerprint density at radius 3 is 2.75 bits per heavy atom. The number of hydrogen-bond donors (Lipinski definition) is 2. The van der Waals surface area contributed by atoms with Crippen LogP contribution in [0.25, 0.3) is 0 Å². The lowest BCUT2D eigenvalue weighted by Crippen LogP contribution is -2.15. The van der Waals surface area contributed by atoms with Crippen LogP contribution in [0.3, 0.4) is 0 Å². The second-order valence-electron chi connectivity index (χ2n) is 2.73. The number of amides is 1. The largest absolute Gasteiger partial charge is 0.433 e. The van der Waals surface area contributed by atoms with Gasteiger partial charge in [-0.1, -0.05) is 11.6 Å². The zero-order valence-corrected chi connectivity index (χ0v) is 8.67. The van der Waals surface area contributed by atoms with E-state index in [4.69, 9.17) is 16.7 Å². The molecule has 7 heteroatoms. The quantitative estimate of drug-likeness (QED) is 0.859. The summed E-state index contributed by atoms with van der Waals surface area (Å²) in [6, 6.07) is 3.77. The first-order valence-corrected chi connectivity index (χ1v) is 4.56. The lowest BCUT2D eigenvalue weighted by Gasteiger charge is -2.08. The Labute approximate surface area is 94.8 Å². The number of halogens is 3. The first-order chi connectivity index (χ1) is 7.52. The molecule has 1 aromatic rings. The van der Waals surface area contributed by atoms with Gasteiger partial charge in [0.2, 0.25) is 5.91 Å². The van der Waals surface area contributed by atoms with Crippen molar-refractivity contribution in [2.24, 2.45) is 0 Å². The maximum absolute atomic E-state index is 11.9. The molecule has 4 nitrogen and oxygen atoms in total. The summed E-state index contributed by atoms with van der Waals surface area (Å²) < 4.78 is 27.9. The predicted octanol–water partition coefficient (Wildman–Crippen LogP) is 1.87. The molecule has 16 heavy (non-hydrogen) atoms. The van der Waals surface area contributed by atoms with Crippen LogP contribution in [0.1, 0.15) is 0 Å². The normalized spacial score (nSPS) is 10.3. The maximum Gasteiger partial charge on any atom is 0.387 e. The number of aliphatic hydroxyl groups excluding tert-OH is 1. The molecule has 0 aromatic heterocycles. The second-order valence-corrected chi connectivity index (χ2v) is 3.14. The highest BCUT2D eigenvalue weighted by atomic mass is 35.5. The van der Waals surface area contributed by atoms with E-state index in [1.165, 1.54) is 18.2 Å². The van der Waals surface area contributed by atoms with Crippen LogP contribution < -0.4 is 10.1 Å². The van der Waals surface area contributed by atoms with E-state index in [0.29, 0.717) is 0 Å². The highest BCUT2D eigenvalue weighted by Crippen LogP contribution is 2.28. The summed E-state index contributed by atoms with van der Waals surface area (Å²) in [7, 11) is 0. The number of carbonyl (C=O) groups is 1. The van der Waals surface area contributed by atoms with Crippen LogP contribution in [-0.2, 0) is 4.79 Å². The number of aliphatic hydroxyl groups is 1. The Hall–Kier alpha value is -1.40. The summed E-state index contributed by atoms with van der Waals surface area (Å²) in [5.74, 6) is -0.808. The molecular formula is C9H8ClF2NO3. The molecule has 0 radical (unpaired) electrons. The van der Waals surface area contributed by atoms with E-state index in [1.54, 1.807) is 0 Å². The second kappa shape index (κ2) is 5.62. The highest BCUT2D eigenvalue weighted by molar-refractivity contribution is 6.32. The van der Waals surface area contributed by atoms with E-state index in [9.17, 15) is 13.6 Å². The number of anilines is 1. The summed E-state index contributed by atoms with van der Waals surface area (Å²) >= 11 is 5.63. The molecule has 0 unspecified atom stereocenters. The van der Waals surface area contributed by atoms with E-state index in [0.717, 1.165) is 0 Å². The first-order valence-electron chi connectivity index (χ1n) is 4.18. The van der Waals surface area contributed by atoms with Crippen molar-refractivity contribution >= 4 is 23.2 Å². The third kappa shape index (κ3) is 3.63. The van der Waals surface area contributed by atoms with Crippen LogP contribution in [0.5, 0.6) is 5.75 Å². The zero-order valence-electron chi connectivity index (χ0n) is 7.91. The van der Waals surface area contributed by atoms with Crippen molar-refractivity contribution < 1.29 is 23.4 Å². The smallest absolute Gasteiger partial charge is 0.387 e. The van der Waals surface area contributed by atoms with Gasteiger partial charge in [-0.15, -0.1) is 0 Å². The Morgan fingerprint density at radius 1 is 1.56 bits per heavy atom. The van der Waals surface area contributed by atoms with E-state index >= 15 is 0 Å². The van der Waals surface area contributed by atoms with E-state index in [-0.39, 0.29) is 16.5 Å². The minimum Gasteiger partial charge on any atom is -0.433 e. The minimum atomic E-state index is -2.96. The molecule has 0 aliphatic carbocycles. The summed E-state index contributed by atoms with van der Waals surface area (Å²) in [5.41, 5.74) is 0.283. The van der Waals surface area contributed by atoms with Crippen molar-refractivity contribution in [3.8, 4) is 5.75 Å². The van der Waals surface area contributed by atoms with Gasteiger partial charge in [-0.2, -0.15) is 8.78 Å².